The summed E-state index contributed by atoms with van der Waals surface area (Å²) in [6.45, 7) is 0.702. The molecule has 1 aromatic heterocycles. The van der Waals surface area contributed by atoms with E-state index in [0.717, 1.165) is 11.4 Å². The summed E-state index contributed by atoms with van der Waals surface area (Å²) < 4.78 is 10.1. The maximum Gasteiger partial charge on any atom is 0.216 e. The summed E-state index contributed by atoms with van der Waals surface area (Å²) in [5, 5.41) is 3.01. The van der Waals surface area contributed by atoms with Crippen LogP contribution in [-0.2, 0) is 6.54 Å². The molecule has 1 rings (SSSR count). The minimum atomic E-state index is 0.574. The van der Waals surface area contributed by atoms with Crippen LogP contribution in [0.5, 0.6) is 11.6 Å². The van der Waals surface area contributed by atoms with Gasteiger partial charge in [0.15, 0.2) is 0 Å². The van der Waals surface area contributed by atoms with Gasteiger partial charge in [-0.15, -0.1) is 0 Å². The Morgan fingerprint density at radius 2 is 2.08 bits per heavy atom. The topological polar surface area (TPSA) is 43.4 Å². The maximum atomic E-state index is 5.10. The number of aromatic nitrogens is 1. The number of nitrogens with one attached hydrogen (secondary N) is 1. The zero-order valence-corrected chi connectivity index (χ0v) is 8.13. The zero-order chi connectivity index (χ0) is 9.68. The van der Waals surface area contributed by atoms with Gasteiger partial charge in [-0.3, -0.25) is 0 Å². The van der Waals surface area contributed by atoms with Gasteiger partial charge in [-0.25, -0.2) is 4.98 Å². The molecule has 1 heterocycles. The molecule has 0 saturated carbocycles. The van der Waals surface area contributed by atoms with Gasteiger partial charge in [0.25, 0.3) is 0 Å². The number of nitrogens with zero attached hydrogens (tertiary/aromatic N) is 1. The summed E-state index contributed by atoms with van der Waals surface area (Å²) in [4.78, 5) is 4.22. The minimum Gasteiger partial charge on any atom is -0.496 e. The van der Waals surface area contributed by atoms with Crippen molar-refractivity contribution in [2.75, 3.05) is 21.3 Å². The molecule has 0 saturated heterocycles. The summed E-state index contributed by atoms with van der Waals surface area (Å²) in [5.41, 5.74) is 0.902. The Hall–Kier alpha value is -1.29. The Labute approximate surface area is 77.9 Å². The Balaban J connectivity index is 2.93. The van der Waals surface area contributed by atoms with Crippen LogP contribution in [0, 0.1) is 0 Å². The van der Waals surface area contributed by atoms with Gasteiger partial charge in [0.1, 0.15) is 5.75 Å². The molecule has 0 radical (unpaired) electrons. The van der Waals surface area contributed by atoms with E-state index in [1.165, 1.54) is 0 Å². The minimum absolute atomic E-state index is 0.574. The Bertz CT molecular complexity index is 254. The molecule has 0 bridgehead atoms. The summed E-state index contributed by atoms with van der Waals surface area (Å²) in [5.74, 6) is 1.33. The smallest absolute Gasteiger partial charge is 0.216 e. The highest BCUT2D eigenvalue weighted by molar-refractivity contribution is 5.30. The molecule has 0 aliphatic rings. The van der Waals surface area contributed by atoms with Crippen molar-refractivity contribution in [3.05, 3.63) is 17.8 Å². The second-order valence-electron chi connectivity index (χ2n) is 2.57. The highest BCUT2D eigenvalue weighted by Gasteiger charge is 2.01. The van der Waals surface area contributed by atoms with Crippen molar-refractivity contribution in [2.24, 2.45) is 0 Å². The monoisotopic (exact) mass is 182 g/mol. The third-order valence-corrected chi connectivity index (χ3v) is 1.63. The molecule has 0 amide bonds. The fourth-order valence-electron chi connectivity index (χ4n) is 1.03. The fraction of sp³-hybridized carbons (Fsp3) is 0.444. The molecule has 1 aromatic rings. The van der Waals surface area contributed by atoms with Crippen LogP contribution in [0.1, 0.15) is 5.69 Å². The number of methoxy groups -OCH3 is 2. The van der Waals surface area contributed by atoms with Crippen molar-refractivity contribution in [3.8, 4) is 11.6 Å². The first-order valence-corrected chi connectivity index (χ1v) is 4.03. The molecule has 0 unspecified atom stereocenters. The maximum absolute atomic E-state index is 5.10. The number of rotatable bonds is 4. The van der Waals surface area contributed by atoms with Gasteiger partial charge in [-0.2, -0.15) is 0 Å². The molecule has 0 spiro atoms. The van der Waals surface area contributed by atoms with Crippen molar-refractivity contribution in [2.45, 2.75) is 6.54 Å². The molecular formula is C9H14N2O2. The van der Waals surface area contributed by atoms with Crippen molar-refractivity contribution in [1.29, 1.82) is 0 Å². The first-order chi connectivity index (χ1) is 6.30. The third kappa shape index (κ3) is 2.59. The first-order valence-electron chi connectivity index (χ1n) is 4.03. The molecule has 0 aliphatic carbocycles. The van der Waals surface area contributed by atoms with E-state index in [9.17, 15) is 0 Å². The van der Waals surface area contributed by atoms with Gasteiger partial charge in [0.2, 0.25) is 5.88 Å². The standard InChI is InChI=1S/C9H14N2O2/c1-10-6-7-4-8(12-2)5-9(11-7)13-3/h4-5,10H,6H2,1-3H3. The lowest BCUT2D eigenvalue weighted by Crippen LogP contribution is -2.07. The predicted octanol–water partition coefficient (Wildman–Crippen LogP) is 0.818. The number of hydrogen-bond donors (Lipinski definition) is 1. The molecule has 0 atom stereocenters. The second kappa shape index (κ2) is 4.67. The molecule has 72 valence electrons. The lowest BCUT2D eigenvalue weighted by molar-refractivity contribution is 0.380. The highest BCUT2D eigenvalue weighted by atomic mass is 16.5. The number of pyridine rings is 1. The Morgan fingerprint density at radius 1 is 1.31 bits per heavy atom. The van der Waals surface area contributed by atoms with E-state index in [1.54, 1.807) is 20.3 Å². The van der Waals surface area contributed by atoms with Gasteiger partial charge >= 0.3 is 0 Å². The molecular weight excluding hydrogens is 168 g/mol. The van der Waals surface area contributed by atoms with E-state index in [-0.39, 0.29) is 0 Å². The van der Waals surface area contributed by atoms with E-state index < -0.39 is 0 Å². The van der Waals surface area contributed by atoms with Crippen molar-refractivity contribution >= 4 is 0 Å². The normalized spacial score (nSPS) is 9.77. The van der Waals surface area contributed by atoms with Crippen LogP contribution in [0.25, 0.3) is 0 Å². The van der Waals surface area contributed by atoms with E-state index >= 15 is 0 Å². The zero-order valence-electron chi connectivity index (χ0n) is 8.13. The predicted molar refractivity (Wildman–Crippen MR) is 50.1 cm³/mol. The molecule has 1 N–H and O–H groups in total. The van der Waals surface area contributed by atoms with E-state index in [1.807, 2.05) is 13.1 Å². The van der Waals surface area contributed by atoms with Crippen LogP contribution in [0.15, 0.2) is 12.1 Å². The van der Waals surface area contributed by atoms with Crippen molar-refractivity contribution < 1.29 is 9.47 Å². The number of ether oxygens (including phenoxy) is 2. The van der Waals surface area contributed by atoms with Gasteiger partial charge in [-0.1, -0.05) is 0 Å². The van der Waals surface area contributed by atoms with Crippen LogP contribution in [0.4, 0.5) is 0 Å². The second-order valence-corrected chi connectivity index (χ2v) is 2.57. The Kier molecular flexibility index (Phi) is 3.52. The van der Waals surface area contributed by atoms with Crippen LogP contribution in [0.3, 0.4) is 0 Å². The summed E-state index contributed by atoms with van der Waals surface area (Å²) >= 11 is 0. The lowest BCUT2D eigenvalue weighted by Gasteiger charge is -2.06. The lowest BCUT2D eigenvalue weighted by atomic mass is 10.3. The average Bonchev–Trinajstić information content (AvgIpc) is 2.17. The van der Waals surface area contributed by atoms with Gasteiger partial charge < -0.3 is 14.8 Å². The fourth-order valence-corrected chi connectivity index (χ4v) is 1.03. The SMILES string of the molecule is CNCc1cc(OC)cc(OC)n1. The van der Waals surface area contributed by atoms with Crippen molar-refractivity contribution in [3.63, 3.8) is 0 Å². The molecule has 4 nitrogen and oxygen atoms in total. The Morgan fingerprint density at radius 3 is 2.62 bits per heavy atom. The summed E-state index contributed by atoms with van der Waals surface area (Å²) in [6, 6.07) is 3.62. The van der Waals surface area contributed by atoms with Crippen LogP contribution in [-0.4, -0.2) is 26.3 Å². The van der Waals surface area contributed by atoms with Crippen LogP contribution in [0.2, 0.25) is 0 Å². The van der Waals surface area contributed by atoms with Crippen LogP contribution < -0.4 is 14.8 Å². The van der Waals surface area contributed by atoms with E-state index in [0.29, 0.717) is 12.4 Å². The van der Waals surface area contributed by atoms with Crippen LogP contribution >= 0.6 is 0 Å². The number of hydrogen-bond acceptors (Lipinski definition) is 4. The van der Waals surface area contributed by atoms with Gasteiger partial charge in [0, 0.05) is 18.7 Å². The average molecular weight is 182 g/mol. The van der Waals surface area contributed by atoms with Gasteiger partial charge in [0.05, 0.1) is 19.9 Å². The van der Waals surface area contributed by atoms with E-state index in [2.05, 4.69) is 10.3 Å². The molecule has 4 heteroatoms. The van der Waals surface area contributed by atoms with E-state index in [4.69, 9.17) is 9.47 Å². The molecule has 0 fully saturated rings. The van der Waals surface area contributed by atoms with Gasteiger partial charge in [-0.05, 0) is 7.05 Å². The van der Waals surface area contributed by atoms with Crippen molar-refractivity contribution in [1.82, 2.24) is 10.3 Å². The largest absolute Gasteiger partial charge is 0.496 e. The molecule has 0 aromatic carbocycles. The first kappa shape index (κ1) is 9.80. The summed E-state index contributed by atoms with van der Waals surface area (Å²) in [7, 11) is 5.08. The summed E-state index contributed by atoms with van der Waals surface area (Å²) in [6.07, 6.45) is 0. The third-order valence-electron chi connectivity index (χ3n) is 1.63. The molecule has 13 heavy (non-hydrogen) atoms. The highest BCUT2D eigenvalue weighted by Crippen LogP contribution is 2.18. The molecule has 0 aliphatic heterocycles. The quantitative estimate of drug-likeness (QED) is 0.748.